The maximum Gasteiger partial charge on any atom is 0.256 e. The van der Waals surface area contributed by atoms with Gasteiger partial charge < -0.3 is 19.1 Å². The first-order chi connectivity index (χ1) is 12.3. The summed E-state index contributed by atoms with van der Waals surface area (Å²) in [6, 6.07) is 19.2. The summed E-state index contributed by atoms with van der Waals surface area (Å²) in [6.07, 6.45) is -0.735. The van der Waals surface area contributed by atoms with Crippen molar-refractivity contribution in [2.24, 2.45) is 0 Å². The second-order valence-corrected chi connectivity index (χ2v) is 5.93. The molecule has 2 aromatic carbocycles. The Morgan fingerprint density at radius 3 is 2.52 bits per heavy atom. The first-order valence-electron chi connectivity index (χ1n) is 8.44. The first-order valence-corrected chi connectivity index (χ1v) is 8.44. The third kappa shape index (κ3) is 4.59. The quantitative estimate of drug-likeness (QED) is 0.810. The first kappa shape index (κ1) is 17.5. The van der Waals surface area contributed by atoms with Gasteiger partial charge in [0.05, 0.1) is 13.2 Å². The molecule has 1 amide bonds. The van der Waals surface area contributed by atoms with Crippen LogP contribution in [-0.2, 0) is 14.3 Å². The molecule has 0 spiro atoms. The van der Waals surface area contributed by atoms with E-state index in [1.165, 1.54) is 0 Å². The summed E-state index contributed by atoms with van der Waals surface area (Å²) in [4.78, 5) is 14.6. The predicted molar refractivity (Wildman–Crippen MR) is 94.4 cm³/mol. The van der Waals surface area contributed by atoms with Crippen LogP contribution in [-0.4, -0.2) is 50.3 Å². The number of methoxy groups -OCH3 is 1. The van der Waals surface area contributed by atoms with E-state index in [0.717, 1.165) is 11.3 Å². The van der Waals surface area contributed by atoms with Crippen LogP contribution in [0.5, 0.6) is 5.75 Å². The molecule has 25 heavy (non-hydrogen) atoms. The monoisotopic (exact) mass is 341 g/mol. The number of hydrogen-bond acceptors (Lipinski definition) is 4. The molecular weight excluding hydrogens is 318 g/mol. The van der Waals surface area contributed by atoms with Gasteiger partial charge in [0, 0.05) is 13.7 Å². The van der Waals surface area contributed by atoms with Crippen molar-refractivity contribution in [1.29, 1.82) is 0 Å². The molecule has 1 heterocycles. The molecule has 0 radical (unpaired) electrons. The molecule has 3 rings (SSSR count). The van der Waals surface area contributed by atoms with Crippen LogP contribution in [0.15, 0.2) is 60.7 Å². The van der Waals surface area contributed by atoms with Gasteiger partial charge in [-0.15, -0.1) is 0 Å². The summed E-state index contributed by atoms with van der Waals surface area (Å²) < 4.78 is 16.9. The van der Waals surface area contributed by atoms with Crippen molar-refractivity contribution in [2.75, 3.05) is 33.4 Å². The van der Waals surface area contributed by atoms with Crippen LogP contribution in [0.1, 0.15) is 11.7 Å². The molecule has 2 unspecified atom stereocenters. The Labute approximate surface area is 148 Å². The van der Waals surface area contributed by atoms with Crippen molar-refractivity contribution in [3.63, 3.8) is 0 Å². The third-order valence-corrected chi connectivity index (χ3v) is 4.19. The lowest BCUT2D eigenvalue weighted by Gasteiger charge is -2.34. The highest BCUT2D eigenvalue weighted by Gasteiger charge is 2.30. The molecule has 0 saturated carbocycles. The van der Waals surface area contributed by atoms with Gasteiger partial charge >= 0.3 is 0 Å². The number of ether oxygens (including phenoxy) is 3. The van der Waals surface area contributed by atoms with Gasteiger partial charge in [0.1, 0.15) is 18.5 Å². The van der Waals surface area contributed by atoms with E-state index in [1.54, 1.807) is 12.0 Å². The minimum absolute atomic E-state index is 0.0401. The Hall–Kier alpha value is -2.37. The van der Waals surface area contributed by atoms with E-state index in [1.807, 2.05) is 60.7 Å². The zero-order valence-corrected chi connectivity index (χ0v) is 14.3. The molecule has 5 heteroatoms. The lowest BCUT2D eigenvalue weighted by atomic mass is 10.1. The van der Waals surface area contributed by atoms with E-state index in [-0.39, 0.29) is 12.0 Å². The Bertz CT molecular complexity index is 662. The van der Waals surface area contributed by atoms with Crippen LogP contribution in [0.3, 0.4) is 0 Å². The van der Waals surface area contributed by atoms with Gasteiger partial charge in [0.2, 0.25) is 0 Å². The van der Waals surface area contributed by atoms with Crippen LogP contribution in [0, 0.1) is 0 Å². The van der Waals surface area contributed by atoms with Gasteiger partial charge in [-0.2, -0.15) is 0 Å². The van der Waals surface area contributed by atoms with E-state index in [4.69, 9.17) is 14.2 Å². The molecule has 0 bridgehead atoms. The van der Waals surface area contributed by atoms with Crippen molar-refractivity contribution >= 4 is 5.91 Å². The van der Waals surface area contributed by atoms with Crippen molar-refractivity contribution in [2.45, 2.75) is 12.2 Å². The van der Waals surface area contributed by atoms with Gasteiger partial charge in [-0.05, 0) is 17.7 Å². The smallest absolute Gasteiger partial charge is 0.256 e. The fourth-order valence-corrected chi connectivity index (χ4v) is 2.90. The maximum atomic E-state index is 12.9. The van der Waals surface area contributed by atoms with E-state index in [9.17, 15) is 4.79 Å². The van der Waals surface area contributed by atoms with Crippen LogP contribution in [0.2, 0.25) is 0 Å². The summed E-state index contributed by atoms with van der Waals surface area (Å²) in [7, 11) is 1.56. The summed E-state index contributed by atoms with van der Waals surface area (Å²) >= 11 is 0. The maximum absolute atomic E-state index is 12.9. The average molecular weight is 341 g/mol. The number of morpholine rings is 1. The molecule has 0 aliphatic carbocycles. The Morgan fingerprint density at radius 2 is 1.84 bits per heavy atom. The number of amides is 1. The van der Waals surface area contributed by atoms with Crippen LogP contribution < -0.4 is 4.74 Å². The van der Waals surface area contributed by atoms with Crippen molar-refractivity contribution in [1.82, 2.24) is 4.90 Å². The van der Waals surface area contributed by atoms with Gasteiger partial charge in [-0.1, -0.05) is 48.5 Å². The Kier molecular flexibility index (Phi) is 6.04. The fraction of sp³-hybridized carbons (Fsp3) is 0.350. The highest BCUT2D eigenvalue weighted by Crippen LogP contribution is 2.21. The summed E-state index contributed by atoms with van der Waals surface area (Å²) in [6.45, 7) is 1.97. The SMILES string of the molecule is COC(C(=O)N1CCOC(COc2ccccc2)C1)c1ccccc1. The van der Waals surface area contributed by atoms with Crippen molar-refractivity contribution in [3.8, 4) is 5.75 Å². The number of rotatable bonds is 6. The summed E-state index contributed by atoms with van der Waals surface area (Å²) in [5.41, 5.74) is 0.860. The number of para-hydroxylation sites is 1. The van der Waals surface area contributed by atoms with Crippen molar-refractivity contribution < 1.29 is 19.0 Å². The highest BCUT2D eigenvalue weighted by atomic mass is 16.5. The number of hydrogen-bond donors (Lipinski definition) is 0. The van der Waals surface area contributed by atoms with E-state index in [0.29, 0.717) is 26.3 Å². The van der Waals surface area contributed by atoms with Crippen LogP contribution in [0.25, 0.3) is 0 Å². The molecule has 1 aliphatic heterocycles. The molecule has 132 valence electrons. The van der Waals surface area contributed by atoms with E-state index < -0.39 is 6.10 Å². The fourth-order valence-electron chi connectivity index (χ4n) is 2.90. The molecule has 1 saturated heterocycles. The molecular formula is C20H23NO4. The van der Waals surface area contributed by atoms with Crippen molar-refractivity contribution in [3.05, 3.63) is 66.2 Å². The number of carbonyl (C=O) groups excluding carboxylic acids is 1. The highest BCUT2D eigenvalue weighted by molar-refractivity contribution is 5.82. The Balaban J connectivity index is 1.59. The number of benzene rings is 2. The lowest BCUT2D eigenvalue weighted by molar-refractivity contribution is -0.150. The summed E-state index contributed by atoms with van der Waals surface area (Å²) in [5, 5.41) is 0. The van der Waals surface area contributed by atoms with Crippen LogP contribution >= 0.6 is 0 Å². The Morgan fingerprint density at radius 1 is 1.16 bits per heavy atom. The number of carbonyl (C=O) groups is 1. The van der Waals surface area contributed by atoms with Gasteiger partial charge in [0.25, 0.3) is 5.91 Å². The minimum atomic E-state index is -0.588. The third-order valence-electron chi connectivity index (χ3n) is 4.19. The molecule has 0 aromatic heterocycles. The second-order valence-electron chi connectivity index (χ2n) is 5.93. The standard InChI is InChI=1S/C20H23NO4/c1-23-19(16-8-4-2-5-9-16)20(22)21-12-13-24-18(14-21)15-25-17-10-6-3-7-11-17/h2-11,18-19H,12-15H2,1H3. The lowest BCUT2D eigenvalue weighted by Crippen LogP contribution is -2.49. The minimum Gasteiger partial charge on any atom is -0.491 e. The average Bonchev–Trinajstić information content (AvgIpc) is 2.69. The molecule has 0 N–H and O–H groups in total. The normalized spacial score (nSPS) is 18.6. The van der Waals surface area contributed by atoms with E-state index in [2.05, 4.69) is 0 Å². The topological polar surface area (TPSA) is 48.0 Å². The van der Waals surface area contributed by atoms with E-state index >= 15 is 0 Å². The molecule has 2 atom stereocenters. The number of nitrogens with zero attached hydrogens (tertiary/aromatic N) is 1. The zero-order chi connectivity index (χ0) is 17.5. The second kappa shape index (κ2) is 8.65. The zero-order valence-electron chi connectivity index (χ0n) is 14.3. The van der Waals surface area contributed by atoms with Gasteiger partial charge in [-0.3, -0.25) is 4.79 Å². The molecule has 2 aromatic rings. The van der Waals surface area contributed by atoms with Gasteiger partial charge in [-0.25, -0.2) is 0 Å². The molecule has 1 fully saturated rings. The molecule has 5 nitrogen and oxygen atoms in total. The van der Waals surface area contributed by atoms with Gasteiger partial charge in [0.15, 0.2) is 6.10 Å². The summed E-state index contributed by atoms with van der Waals surface area (Å²) in [5.74, 6) is 0.760. The van der Waals surface area contributed by atoms with Crippen LogP contribution in [0.4, 0.5) is 0 Å². The molecule has 1 aliphatic rings. The largest absolute Gasteiger partial charge is 0.491 e. The predicted octanol–water partition coefficient (Wildman–Crippen LogP) is 2.68.